The minimum atomic E-state index is -0.618. The minimum Gasteiger partial charge on any atom is -0.355 e. The molecule has 0 radical (unpaired) electrons. The van der Waals surface area contributed by atoms with E-state index < -0.39 is 11.7 Å². The second kappa shape index (κ2) is 8.65. The SMILES string of the molecule is CC(C)(C)CN/C(=N/C(=O)c1ccc(Cl)c(F)c1)NC1CCCCC1. The van der Waals surface area contributed by atoms with E-state index >= 15 is 0 Å². The highest BCUT2D eigenvalue weighted by Crippen LogP contribution is 2.18. The fourth-order valence-electron chi connectivity index (χ4n) is 2.71. The Labute approximate surface area is 154 Å². The molecule has 6 heteroatoms. The van der Waals surface area contributed by atoms with Gasteiger partial charge in [0.25, 0.3) is 5.91 Å². The van der Waals surface area contributed by atoms with Crippen molar-refractivity contribution < 1.29 is 9.18 Å². The van der Waals surface area contributed by atoms with Gasteiger partial charge in [-0.25, -0.2) is 4.39 Å². The molecule has 0 spiro atoms. The molecule has 1 amide bonds. The molecule has 0 saturated heterocycles. The predicted molar refractivity (Wildman–Crippen MR) is 101 cm³/mol. The number of nitrogens with zero attached hydrogens (tertiary/aromatic N) is 1. The third-order valence-corrected chi connectivity index (χ3v) is 4.42. The van der Waals surface area contributed by atoms with Gasteiger partial charge < -0.3 is 10.6 Å². The highest BCUT2D eigenvalue weighted by Gasteiger charge is 2.18. The van der Waals surface area contributed by atoms with Gasteiger partial charge in [0, 0.05) is 18.2 Å². The maximum absolute atomic E-state index is 13.6. The Morgan fingerprint density at radius 3 is 2.56 bits per heavy atom. The number of rotatable bonds is 3. The summed E-state index contributed by atoms with van der Waals surface area (Å²) in [5, 5.41) is 6.58. The van der Waals surface area contributed by atoms with Gasteiger partial charge in [-0.15, -0.1) is 0 Å². The van der Waals surface area contributed by atoms with Crippen molar-refractivity contribution in [3.63, 3.8) is 0 Å². The van der Waals surface area contributed by atoms with Crippen LogP contribution in [0.5, 0.6) is 0 Å². The van der Waals surface area contributed by atoms with Crippen LogP contribution in [-0.4, -0.2) is 24.5 Å². The molecule has 25 heavy (non-hydrogen) atoms. The van der Waals surface area contributed by atoms with E-state index in [2.05, 4.69) is 36.4 Å². The normalized spacial score (nSPS) is 16.6. The number of carbonyl (C=O) groups excluding carboxylic acids is 1. The Hall–Kier alpha value is -1.62. The van der Waals surface area contributed by atoms with Gasteiger partial charge >= 0.3 is 0 Å². The van der Waals surface area contributed by atoms with Crippen LogP contribution in [0, 0.1) is 11.2 Å². The molecule has 138 valence electrons. The van der Waals surface area contributed by atoms with Crippen molar-refractivity contribution >= 4 is 23.5 Å². The van der Waals surface area contributed by atoms with Gasteiger partial charge in [-0.1, -0.05) is 51.6 Å². The molecule has 0 aromatic heterocycles. The summed E-state index contributed by atoms with van der Waals surface area (Å²) in [6, 6.07) is 4.29. The van der Waals surface area contributed by atoms with Crippen LogP contribution >= 0.6 is 11.6 Å². The van der Waals surface area contributed by atoms with E-state index in [4.69, 9.17) is 11.6 Å². The van der Waals surface area contributed by atoms with E-state index in [1.807, 2.05) is 0 Å². The Balaban J connectivity index is 2.14. The first-order valence-corrected chi connectivity index (χ1v) is 9.21. The lowest BCUT2D eigenvalue weighted by atomic mass is 9.95. The first kappa shape index (κ1) is 19.7. The average Bonchev–Trinajstić information content (AvgIpc) is 2.55. The molecule has 0 aliphatic heterocycles. The van der Waals surface area contributed by atoms with Crippen LogP contribution in [0.3, 0.4) is 0 Å². The van der Waals surface area contributed by atoms with Crippen LogP contribution in [0.15, 0.2) is 23.2 Å². The molecule has 1 aromatic rings. The lowest BCUT2D eigenvalue weighted by Crippen LogP contribution is -2.46. The number of amides is 1. The maximum Gasteiger partial charge on any atom is 0.280 e. The van der Waals surface area contributed by atoms with Gasteiger partial charge in [0.1, 0.15) is 5.82 Å². The highest BCUT2D eigenvalue weighted by molar-refractivity contribution is 6.30. The number of carbonyl (C=O) groups is 1. The van der Waals surface area contributed by atoms with Crippen LogP contribution in [0.4, 0.5) is 4.39 Å². The van der Waals surface area contributed by atoms with E-state index in [0.717, 1.165) is 18.9 Å². The van der Waals surface area contributed by atoms with Crippen LogP contribution in [0.2, 0.25) is 5.02 Å². The van der Waals surface area contributed by atoms with E-state index in [-0.39, 0.29) is 16.0 Å². The van der Waals surface area contributed by atoms with E-state index in [0.29, 0.717) is 18.5 Å². The Morgan fingerprint density at radius 1 is 1.28 bits per heavy atom. The Kier molecular flexibility index (Phi) is 6.82. The summed E-state index contributed by atoms with van der Waals surface area (Å²) in [6.45, 7) is 6.99. The van der Waals surface area contributed by atoms with Crippen LogP contribution in [0.1, 0.15) is 63.2 Å². The molecule has 2 N–H and O–H groups in total. The maximum atomic E-state index is 13.6. The molecule has 4 nitrogen and oxygen atoms in total. The van der Waals surface area contributed by atoms with Crippen LogP contribution in [-0.2, 0) is 0 Å². The van der Waals surface area contributed by atoms with E-state index in [1.54, 1.807) is 0 Å². The standard InChI is InChI=1S/C19H27ClFN3O/c1-19(2,3)12-22-18(23-14-7-5-4-6-8-14)24-17(25)13-9-10-15(20)16(21)11-13/h9-11,14H,4-8,12H2,1-3H3,(H2,22,23,24,25). The smallest absolute Gasteiger partial charge is 0.280 e. The number of nitrogens with one attached hydrogen (secondary N) is 2. The van der Waals surface area contributed by atoms with Crippen molar-refractivity contribution in [3.05, 3.63) is 34.6 Å². The van der Waals surface area contributed by atoms with Gasteiger partial charge in [-0.05, 0) is 36.5 Å². The first-order chi connectivity index (χ1) is 11.7. The zero-order valence-corrected chi connectivity index (χ0v) is 15.9. The minimum absolute atomic E-state index is 0.00746. The zero-order chi connectivity index (χ0) is 18.4. The van der Waals surface area contributed by atoms with Crippen molar-refractivity contribution in [2.75, 3.05) is 6.54 Å². The summed E-state index contributed by atoms with van der Waals surface area (Å²) >= 11 is 5.67. The van der Waals surface area contributed by atoms with Crippen LogP contribution in [0.25, 0.3) is 0 Å². The fraction of sp³-hybridized carbons (Fsp3) is 0.579. The third-order valence-electron chi connectivity index (χ3n) is 4.11. The Morgan fingerprint density at radius 2 is 1.96 bits per heavy atom. The summed E-state index contributed by atoms with van der Waals surface area (Å²) in [4.78, 5) is 16.6. The second-order valence-corrected chi connectivity index (χ2v) is 8.20. The fourth-order valence-corrected chi connectivity index (χ4v) is 2.82. The summed E-state index contributed by atoms with van der Waals surface area (Å²) in [5.41, 5.74) is 0.229. The number of aliphatic imine (C=N–C) groups is 1. The molecule has 1 saturated carbocycles. The van der Waals surface area contributed by atoms with Gasteiger partial charge in [0.2, 0.25) is 0 Å². The number of halogens is 2. The van der Waals surface area contributed by atoms with Gasteiger partial charge in [-0.2, -0.15) is 4.99 Å². The lowest BCUT2D eigenvalue weighted by molar-refractivity contribution is 0.100. The third kappa shape index (κ3) is 6.65. The molecule has 0 heterocycles. The highest BCUT2D eigenvalue weighted by atomic mass is 35.5. The molecule has 0 bridgehead atoms. The first-order valence-electron chi connectivity index (χ1n) is 8.83. The lowest BCUT2D eigenvalue weighted by Gasteiger charge is -2.27. The molecule has 2 rings (SSSR count). The van der Waals surface area contributed by atoms with Gasteiger partial charge in [0.15, 0.2) is 5.96 Å². The van der Waals surface area contributed by atoms with Gasteiger partial charge in [-0.3, -0.25) is 4.79 Å². The van der Waals surface area contributed by atoms with Crippen molar-refractivity contribution in [1.29, 1.82) is 0 Å². The summed E-state index contributed by atoms with van der Waals surface area (Å²) in [7, 11) is 0. The molecule has 0 unspecified atom stereocenters. The second-order valence-electron chi connectivity index (χ2n) is 7.79. The molecule has 1 aromatic carbocycles. The van der Waals surface area contributed by atoms with Crippen molar-refractivity contribution in [3.8, 4) is 0 Å². The molecular formula is C19H27ClFN3O. The molecular weight excluding hydrogens is 341 g/mol. The number of benzene rings is 1. The summed E-state index contributed by atoms with van der Waals surface area (Å²) in [5.74, 6) is -0.648. The zero-order valence-electron chi connectivity index (χ0n) is 15.2. The van der Waals surface area contributed by atoms with Crippen molar-refractivity contribution in [1.82, 2.24) is 10.6 Å². The predicted octanol–water partition coefficient (Wildman–Crippen LogP) is 4.53. The van der Waals surface area contributed by atoms with E-state index in [1.165, 1.54) is 31.4 Å². The largest absolute Gasteiger partial charge is 0.355 e. The molecule has 0 atom stereocenters. The average molecular weight is 368 g/mol. The summed E-state index contributed by atoms with van der Waals surface area (Å²) < 4.78 is 13.6. The van der Waals surface area contributed by atoms with Crippen molar-refractivity contribution in [2.24, 2.45) is 10.4 Å². The number of hydrogen-bond acceptors (Lipinski definition) is 1. The summed E-state index contributed by atoms with van der Waals surface area (Å²) in [6.07, 6.45) is 5.75. The van der Waals surface area contributed by atoms with Crippen molar-refractivity contribution in [2.45, 2.75) is 58.9 Å². The Bertz CT molecular complexity index is 634. The topological polar surface area (TPSA) is 53.5 Å². The quantitative estimate of drug-likeness (QED) is 0.609. The van der Waals surface area contributed by atoms with E-state index in [9.17, 15) is 9.18 Å². The molecule has 1 aliphatic rings. The molecule has 1 aliphatic carbocycles. The monoisotopic (exact) mass is 367 g/mol. The number of hydrogen-bond donors (Lipinski definition) is 2. The molecule has 1 fully saturated rings. The number of guanidine groups is 1. The van der Waals surface area contributed by atoms with Crippen LogP contribution < -0.4 is 10.6 Å². The van der Waals surface area contributed by atoms with Gasteiger partial charge in [0.05, 0.1) is 5.02 Å².